The van der Waals surface area contributed by atoms with Crippen LogP contribution >= 0.6 is 0 Å². The quantitative estimate of drug-likeness (QED) is 0.898. The summed E-state index contributed by atoms with van der Waals surface area (Å²) in [5, 5.41) is 11.7. The lowest BCUT2D eigenvalue weighted by molar-refractivity contribution is -0.115. The average molecular weight is 317 g/mol. The van der Waals surface area contributed by atoms with E-state index in [1.165, 1.54) is 12.1 Å². The maximum absolute atomic E-state index is 12.4. The van der Waals surface area contributed by atoms with Gasteiger partial charge in [0.15, 0.2) is 9.84 Å². The van der Waals surface area contributed by atoms with Gasteiger partial charge in [-0.15, -0.1) is 0 Å². The number of carbonyl (C=O) groups is 1. The van der Waals surface area contributed by atoms with Gasteiger partial charge >= 0.3 is 0 Å². The molecule has 2 N–H and O–H groups in total. The van der Waals surface area contributed by atoms with Gasteiger partial charge in [-0.3, -0.25) is 4.79 Å². The maximum atomic E-state index is 12.4. The summed E-state index contributed by atoms with van der Waals surface area (Å²) < 4.78 is 24.8. The first-order chi connectivity index (χ1) is 10.5. The lowest BCUT2D eigenvalue weighted by atomic mass is 10.1. The van der Waals surface area contributed by atoms with Crippen LogP contribution in [0.3, 0.4) is 0 Å². The van der Waals surface area contributed by atoms with Crippen molar-refractivity contribution in [1.82, 2.24) is 0 Å². The zero-order valence-electron chi connectivity index (χ0n) is 11.7. The highest BCUT2D eigenvalue weighted by Gasteiger charge is 2.20. The summed E-state index contributed by atoms with van der Waals surface area (Å²) in [6, 6.07) is 11.4. The lowest BCUT2D eigenvalue weighted by Crippen LogP contribution is -2.05. The summed E-state index contributed by atoms with van der Waals surface area (Å²) >= 11 is 0. The molecule has 6 heteroatoms. The Hall–Kier alpha value is -2.18. The molecule has 1 aliphatic rings. The number of nitrogens with one attached hydrogen (secondary N) is 1. The van der Waals surface area contributed by atoms with Crippen LogP contribution in [0.25, 0.3) is 0 Å². The molecule has 0 unspecified atom stereocenters. The molecular formula is C16H15NO4S. The number of benzene rings is 2. The van der Waals surface area contributed by atoms with Gasteiger partial charge in [-0.2, -0.15) is 0 Å². The highest BCUT2D eigenvalue weighted by molar-refractivity contribution is 7.90. The number of hydrogen-bond donors (Lipinski definition) is 2. The SMILES string of the molecule is O=C1Cc2cc(CS(=O)(=O)c3ccc(CO)cc3)ccc2N1. The van der Waals surface area contributed by atoms with Crippen molar-refractivity contribution >= 4 is 21.4 Å². The number of amides is 1. The molecule has 0 spiro atoms. The van der Waals surface area contributed by atoms with E-state index in [2.05, 4.69) is 5.32 Å². The minimum Gasteiger partial charge on any atom is -0.392 e. The second-order valence-corrected chi connectivity index (χ2v) is 7.27. The van der Waals surface area contributed by atoms with Crippen molar-refractivity contribution in [3.8, 4) is 0 Å². The monoisotopic (exact) mass is 317 g/mol. The van der Waals surface area contributed by atoms with Crippen LogP contribution in [-0.2, 0) is 33.4 Å². The number of anilines is 1. The van der Waals surface area contributed by atoms with Crippen molar-refractivity contribution in [2.75, 3.05) is 5.32 Å². The Kier molecular flexibility index (Phi) is 3.72. The number of rotatable bonds is 4. The first-order valence-electron chi connectivity index (χ1n) is 6.82. The minimum atomic E-state index is -3.46. The Bertz CT molecular complexity index is 826. The van der Waals surface area contributed by atoms with Gasteiger partial charge in [-0.1, -0.05) is 24.3 Å². The zero-order valence-corrected chi connectivity index (χ0v) is 12.6. The highest BCUT2D eigenvalue weighted by Crippen LogP contribution is 2.26. The molecular weight excluding hydrogens is 302 g/mol. The van der Waals surface area contributed by atoms with E-state index < -0.39 is 9.84 Å². The number of hydrogen-bond acceptors (Lipinski definition) is 4. The van der Waals surface area contributed by atoms with Crippen LogP contribution in [0.1, 0.15) is 16.7 Å². The molecule has 114 valence electrons. The average Bonchev–Trinajstić information content (AvgIpc) is 2.86. The molecule has 0 fully saturated rings. The molecule has 0 aliphatic carbocycles. The first kappa shape index (κ1) is 14.7. The minimum absolute atomic E-state index is 0.0744. The standard InChI is InChI=1S/C16H15NO4S/c18-9-11-1-4-14(5-2-11)22(20,21)10-12-3-6-15-13(7-12)8-16(19)17-15/h1-7,18H,8-10H2,(H,17,19). The van der Waals surface area contributed by atoms with Crippen molar-refractivity contribution in [1.29, 1.82) is 0 Å². The van der Waals surface area contributed by atoms with Crippen molar-refractivity contribution in [2.45, 2.75) is 23.7 Å². The Labute approximate surface area is 128 Å². The van der Waals surface area contributed by atoms with E-state index in [4.69, 9.17) is 5.11 Å². The van der Waals surface area contributed by atoms with Crippen molar-refractivity contribution < 1.29 is 18.3 Å². The maximum Gasteiger partial charge on any atom is 0.228 e. The summed E-state index contributed by atoms with van der Waals surface area (Å²) in [4.78, 5) is 11.6. The van der Waals surface area contributed by atoms with Crippen LogP contribution < -0.4 is 5.32 Å². The van der Waals surface area contributed by atoms with E-state index in [1.807, 2.05) is 0 Å². The summed E-state index contributed by atoms with van der Waals surface area (Å²) in [5.41, 5.74) is 2.90. The van der Waals surface area contributed by atoms with E-state index in [1.54, 1.807) is 30.3 Å². The summed E-state index contributed by atoms with van der Waals surface area (Å²) in [6.07, 6.45) is 0.286. The molecule has 3 rings (SSSR count). The molecule has 5 nitrogen and oxygen atoms in total. The van der Waals surface area contributed by atoms with E-state index in [-0.39, 0.29) is 29.6 Å². The van der Waals surface area contributed by atoms with Crippen molar-refractivity contribution in [2.24, 2.45) is 0 Å². The Morgan fingerprint density at radius 1 is 1.05 bits per heavy atom. The van der Waals surface area contributed by atoms with Crippen LogP contribution in [0.4, 0.5) is 5.69 Å². The molecule has 0 aromatic heterocycles. The van der Waals surface area contributed by atoms with E-state index in [0.29, 0.717) is 11.1 Å². The fourth-order valence-electron chi connectivity index (χ4n) is 2.48. The van der Waals surface area contributed by atoms with Crippen LogP contribution in [0.2, 0.25) is 0 Å². The van der Waals surface area contributed by atoms with E-state index in [0.717, 1.165) is 11.3 Å². The molecule has 2 aromatic rings. The summed E-state index contributed by atoms with van der Waals surface area (Å²) in [6.45, 7) is -0.119. The highest BCUT2D eigenvalue weighted by atomic mass is 32.2. The Morgan fingerprint density at radius 3 is 2.41 bits per heavy atom. The van der Waals surface area contributed by atoms with Gasteiger partial charge < -0.3 is 10.4 Å². The number of aliphatic hydroxyl groups excluding tert-OH is 1. The number of carbonyl (C=O) groups excluding carboxylic acids is 1. The predicted molar refractivity (Wildman–Crippen MR) is 82.0 cm³/mol. The third-order valence-electron chi connectivity index (χ3n) is 3.62. The van der Waals surface area contributed by atoms with Crippen LogP contribution in [-0.4, -0.2) is 19.4 Å². The van der Waals surface area contributed by atoms with Crippen LogP contribution in [0.5, 0.6) is 0 Å². The van der Waals surface area contributed by atoms with Gasteiger partial charge in [0.25, 0.3) is 0 Å². The molecule has 0 saturated heterocycles. The molecule has 2 aromatic carbocycles. The fraction of sp³-hybridized carbons (Fsp3) is 0.188. The van der Waals surface area contributed by atoms with E-state index >= 15 is 0 Å². The molecule has 0 atom stereocenters. The largest absolute Gasteiger partial charge is 0.392 e. The van der Waals surface area contributed by atoms with Gasteiger partial charge in [-0.05, 0) is 34.9 Å². The van der Waals surface area contributed by atoms with Gasteiger partial charge in [0.2, 0.25) is 5.91 Å². The number of fused-ring (bicyclic) bond motifs is 1. The normalized spacial score (nSPS) is 13.8. The number of sulfone groups is 1. The summed E-state index contributed by atoms with van der Waals surface area (Å²) in [7, 11) is -3.46. The molecule has 0 radical (unpaired) electrons. The van der Waals surface area contributed by atoms with Crippen LogP contribution in [0, 0.1) is 0 Å². The zero-order chi connectivity index (χ0) is 15.7. The first-order valence-corrected chi connectivity index (χ1v) is 8.47. The second-order valence-electron chi connectivity index (χ2n) is 5.28. The predicted octanol–water partition coefficient (Wildman–Crippen LogP) is 1.65. The molecule has 0 bridgehead atoms. The smallest absolute Gasteiger partial charge is 0.228 e. The third-order valence-corrected chi connectivity index (χ3v) is 5.32. The number of aliphatic hydroxyl groups is 1. The van der Waals surface area contributed by atoms with Gasteiger partial charge in [-0.25, -0.2) is 8.42 Å². The lowest BCUT2D eigenvalue weighted by Gasteiger charge is -2.07. The third kappa shape index (κ3) is 2.88. The summed E-state index contributed by atoms with van der Waals surface area (Å²) in [5.74, 6) is -0.193. The molecule has 22 heavy (non-hydrogen) atoms. The topological polar surface area (TPSA) is 83.5 Å². The van der Waals surface area contributed by atoms with Gasteiger partial charge in [0.1, 0.15) is 0 Å². The van der Waals surface area contributed by atoms with E-state index in [9.17, 15) is 13.2 Å². The Morgan fingerprint density at radius 2 is 1.73 bits per heavy atom. The second kappa shape index (κ2) is 5.55. The molecule has 1 aliphatic heterocycles. The molecule has 0 saturated carbocycles. The Balaban J connectivity index is 1.85. The molecule has 1 heterocycles. The van der Waals surface area contributed by atoms with Crippen LogP contribution in [0.15, 0.2) is 47.4 Å². The van der Waals surface area contributed by atoms with Gasteiger partial charge in [0.05, 0.1) is 23.7 Å². The fourth-order valence-corrected chi connectivity index (χ4v) is 3.81. The van der Waals surface area contributed by atoms with Crippen molar-refractivity contribution in [3.63, 3.8) is 0 Å². The van der Waals surface area contributed by atoms with Crippen molar-refractivity contribution in [3.05, 3.63) is 59.2 Å². The molecule has 1 amide bonds. The van der Waals surface area contributed by atoms with Gasteiger partial charge in [0, 0.05) is 5.69 Å².